The highest BCUT2D eigenvalue weighted by atomic mass is 16.7. The number of amides is 2. The van der Waals surface area contributed by atoms with Crippen molar-refractivity contribution in [3.05, 3.63) is 42.1 Å². The lowest BCUT2D eigenvalue weighted by Crippen LogP contribution is -2.37. The lowest BCUT2D eigenvalue weighted by molar-refractivity contribution is 0.173. The highest BCUT2D eigenvalue weighted by Gasteiger charge is 2.13. The number of hydrogen-bond donors (Lipinski definition) is 2. The topological polar surface area (TPSA) is 85.0 Å². The first kappa shape index (κ1) is 17.7. The number of nitrogens with one attached hydrogen (secondary N) is 2. The van der Waals surface area contributed by atoms with Gasteiger partial charge in [0.15, 0.2) is 11.5 Å². The molecule has 138 valence electrons. The summed E-state index contributed by atoms with van der Waals surface area (Å²) in [7, 11) is 3.83. The van der Waals surface area contributed by atoms with Crippen LogP contribution in [0.15, 0.2) is 36.5 Å². The number of pyridine rings is 1. The number of benzene rings is 1. The predicted octanol–water partition coefficient (Wildman–Crippen LogP) is 1.75. The van der Waals surface area contributed by atoms with E-state index in [1.54, 1.807) is 24.4 Å². The number of carbonyl (C=O) groups excluding carboxylic acids is 1. The first-order chi connectivity index (χ1) is 12.6. The minimum Gasteiger partial charge on any atom is -0.492 e. The van der Waals surface area contributed by atoms with Gasteiger partial charge in [0.2, 0.25) is 6.79 Å². The normalized spacial score (nSPS) is 11.8. The van der Waals surface area contributed by atoms with Crippen molar-refractivity contribution in [2.45, 2.75) is 6.54 Å². The lowest BCUT2D eigenvalue weighted by atomic mass is 10.2. The van der Waals surface area contributed by atoms with Crippen molar-refractivity contribution in [3.8, 4) is 17.2 Å². The number of anilines is 1. The van der Waals surface area contributed by atoms with Crippen LogP contribution in [-0.4, -0.2) is 45.1 Å². The summed E-state index contributed by atoms with van der Waals surface area (Å²) in [5.74, 6) is 2.88. The van der Waals surface area contributed by atoms with E-state index in [2.05, 4.69) is 15.6 Å². The van der Waals surface area contributed by atoms with Gasteiger partial charge in [-0.3, -0.25) is 0 Å². The molecule has 2 heterocycles. The Labute approximate surface area is 152 Å². The molecule has 0 atom stereocenters. The zero-order chi connectivity index (χ0) is 18.4. The van der Waals surface area contributed by atoms with Crippen molar-refractivity contribution in [1.82, 2.24) is 15.6 Å². The van der Waals surface area contributed by atoms with Gasteiger partial charge in [0.1, 0.15) is 18.2 Å². The van der Waals surface area contributed by atoms with Gasteiger partial charge in [-0.1, -0.05) is 6.07 Å². The van der Waals surface area contributed by atoms with E-state index in [0.717, 1.165) is 11.4 Å². The molecule has 8 nitrogen and oxygen atoms in total. The van der Waals surface area contributed by atoms with Gasteiger partial charge in [0.05, 0.1) is 6.54 Å². The van der Waals surface area contributed by atoms with Crippen molar-refractivity contribution in [3.63, 3.8) is 0 Å². The molecule has 0 unspecified atom stereocenters. The molecule has 1 aromatic heterocycles. The van der Waals surface area contributed by atoms with Gasteiger partial charge in [-0.05, 0) is 18.2 Å². The SMILES string of the molecule is CN(C)c1ncccc1CNC(=O)NCCOc1ccc2c(c1)OCO2. The maximum Gasteiger partial charge on any atom is 0.315 e. The smallest absolute Gasteiger partial charge is 0.315 e. The molecule has 0 spiro atoms. The third-order valence-electron chi connectivity index (χ3n) is 3.73. The van der Waals surface area contributed by atoms with Crippen molar-refractivity contribution in [1.29, 1.82) is 0 Å². The summed E-state index contributed by atoms with van der Waals surface area (Å²) >= 11 is 0. The first-order valence-corrected chi connectivity index (χ1v) is 8.29. The Morgan fingerprint density at radius 2 is 2.08 bits per heavy atom. The minimum absolute atomic E-state index is 0.229. The molecule has 1 aliphatic rings. The Bertz CT molecular complexity index is 767. The van der Waals surface area contributed by atoms with Gasteiger partial charge >= 0.3 is 6.03 Å². The van der Waals surface area contributed by atoms with Crippen LogP contribution in [0.3, 0.4) is 0 Å². The number of urea groups is 1. The number of rotatable bonds is 7. The Balaban J connectivity index is 1.38. The molecule has 0 radical (unpaired) electrons. The second kappa shape index (κ2) is 8.28. The largest absolute Gasteiger partial charge is 0.492 e. The number of carbonyl (C=O) groups is 1. The number of ether oxygens (including phenoxy) is 3. The van der Waals surface area contributed by atoms with Crippen LogP contribution in [0, 0.1) is 0 Å². The third kappa shape index (κ3) is 4.47. The average molecular weight is 358 g/mol. The zero-order valence-corrected chi connectivity index (χ0v) is 14.8. The maximum atomic E-state index is 11.9. The Morgan fingerprint density at radius 3 is 2.92 bits per heavy atom. The van der Waals surface area contributed by atoms with Gasteiger partial charge in [0.25, 0.3) is 0 Å². The molecule has 1 aliphatic heterocycles. The summed E-state index contributed by atoms with van der Waals surface area (Å²) in [5.41, 5.74) is 0.948. The predicted molar refractivity (Wildman–Crippen MR) is 96.9 cm³/mol. The van der Waals surface area contributed by atoms with Crippen LogP contribution in [0.4, 0.5) is 10.6 Å². The van der Waals surface area contributed by atoms with Crippen LogP contribution in [0.5, 0.6) is 17.2 Å². The van der Waals surface area contributed by atoms with Crippen LogP contribution in [0.1, 0.15) is 5.56 Å². The number of fused-ring (bicyclic) bond motifs is 1. The summed E-state index contributed by atoms with van der Waals surface area (Å²) in [6, 6.07) is 8.90. The number of hydrogen-bond acceptors (Lipinski definition) is 6. The van der Waals surface area contributed by atoms with E-state index in [0.29, 0.717) is 36.9 Å². The Hall–Kier alpha value is -3.16. The molecule has 3 rings (SSSR count). The molecule has 2 aromatic rings. The molecule has 8 heteroatoms. The minimum atomic E-state index is -0.257. The summed E-state index contributed by atoms with van der Waals surface area (Å²) in [6.45, 7) is 1.36. The van der Waals surface area contributed by atoms with Gasteiger partial charge in [-0.25, -0.2) is 9.78 Å². The van der Waals surface area contributed by atoms with Crippen LogP contribution in [0.2, 0.25) is 0 Å². The van der Waals surface area contributed by atoms with Gasteiger partial charge in [0, 0.05) is 38.5 Å². The number of aromatic nitrogens is 1. The molecule has 0 saturated carbocycles. The first-order valence-electron chi connectivity index (χ1n) is 8.29. The molecule has 0 bridgehead atoms. The monoisotopic (exact) mass is 358 g/mol. The van der Waals surface area contributed by atoms with E-state index < -0.39 is 0 Å². The van der Waals surface area contributed by atoms with Crippen LogP contribution < -0.4 is 29.7 Å². The fourth-order valence-corrected chi connectivity index (χ4v) is 2.51. The summed E-state index contributed by atoms with van der Waals surface area (Å²) in [5, 5.41) is 5.58. The van der Waals surface area contributed by atoms with E-state index in [1.807, 2.05) is 31.1 Å². The highest BCUT2D eigenvalue weighted by molar-refractivity contribution is 5.74. The van der Waals surface area contributed by atoms with Crippen LogP contribution in [-0.2, 0) is 6.54 Å². The molecular weight excluding hydrogens is 336 g/mol. The average Bonchev–Trinajstić information content (AvgIpc) is 3.11. The van der Waals surface area contributed by atoms with Crippen molar-refractivity contribution < 1.29 is 19.0 Å². The molecule has 26 heavy (non-hydrogen) atoms. The lowest BCUT2D eigenvalue weighted by Gasteiger charge is -2.16. The van der Waals surface area contributed by atoms with E-state index >= 15 is 0 Å². The van der Waals surface area contributed by atoms with Crippen LogP contribution >= 0.6 is 0 Å². The van der Waals surface area contributed by atoms with E-state index in [9.17, 15) is 4.79 Å². The molecule has 0 saturated heterocycles. The second-order valence-corrected chi connectivity index (χ2v) is 5.85. The molecule has 0 aliphatic carbocycles. The van der Waals surface area contributed by atoms with Gasteiger partial charge in [-0.15, -0.1) is 0 Å². The maximum absolute atomic E-state index is 11.9. The summed E-state index contributed by atoms with van der Waals surface area (Å²) in [6.07, 6.45) is 1.73. The Kier molecular flexibility index (Phi) is 5.62. The summed E-state index contributed by atoms with van der Waals surface area (Å²) < 4.78 is 16.1. The quantitative estimate of drug-likeness (QED) is 0.734. The number of nitrogens with zero attached hydrogens (tertiary/aromatic N) is 2. The fourth-order valence-electron chi connectivity index (χ4n) is 2.51. The van der Waals surface area contributed by atoms with E-state index in [4.69, 9.17) is 14.2 Å². The molecule has 0 fully saturated rings. The van der Waals surface area contributed by atoms with Crippen LogP contribution in [0.25, 0.3) is 0 Å². The fraction of sp³-hybridized carbons (Fsp3) is 0.333. The zero-order valence-electron chi connectivity index (χ0n) is 14.8. The standard InChI is InChI=1S/C18H22N4O4/c1-22(2)17-13(4-3-7-19-17)11-21-18(23)20-8-9-24-14-5-6-15-16(10-14)26-12-25-15/h3-7,10H,8-9,11-12H2,1-2H3,(H2,20,21,23). The highest BCUT2D eigenvalue weighted by Crippen LogP contribution is 2.34. The van der Waals surface area contributed by atoms with Gasteiger partial charge < -0.3 is 29.7 Å². The van der Waals surface area contributed by atoms with Gasteiger partial charge in [-0.2, -0.15) is 0 Å². The molecule has 1 aromatic carbocycles. The molecular formula is C18H22N4O4. The third-order valence-corrected chi connectivity index (χ3v) is 3.73. The second-order valence-electron chi connectivity index (χ2n) is 5.85. The summed E-state index contributed by atoms with van der Waals surface area (Å²) in [4.78, 5) is 18.1. The van der Waals surface area contributed by atoms with Crippen molar-refractivity contribution >= 4 is 11.8 Å². The molecule has 2 N–H and O–H groups in total. The van der Waals surface area contributed by atoms with Crippen molar-refractivity contribution in [2.75, 3.05) is 38.9 Å². The Morgan fingerprint density at radius 1 is 1.23 bits per heavy atom. The van der Waals surface area contributed by atoms with E-state index in [1.165, 1.54) is 0 Å². The van der Waals surface area contributed by atoms with Crippen molar-refractivity contribution in [2.24, 2.45) is 0 Å². The molecule has 2 amide bonds. The van der Waals surface area contributed by atoms with E-state index in [-0.39, 0.29) is 12.8 Å².